The van der Waals surface area contributed by atoms with E-state index in [-0.39, 0.29) is 17.9 Å². The van der Waals surface area contributed by atoms with Crippen molar-refractivity contribution >= 4 is 38.6 Å². The van der Waals surface area contributed by atoms with Crippen LogP contribution in [-0.2, 0) is 21.2 Å². The molecule has 1 aromatic heterocycles. The third-order valence-corrected chi connectivity index (χ3v) is 5.99. The molecule has 2 aromatic rings. The predicted molar refractivity (Wildman–Crippen MR) is 91.9 cm³/mol. The van der Waals surface area contributed by atoms with Gasteiger partial charge in [0.15, 0.2) is 0 Å². The minimum atomic E-state index is -4.39. The third-order valence-electron chi connectivity index (χ3n) is 3.28. The molecule has 0 fully saturated rings. The van der Waals surface area contributed by atoms with Gasteiger partial charge in [0.25, 0.3) is 10.0 Å². The average Bonchev–Trinajstić information content (AvgIpc) is 2.92. The Bertz CT molecular complexity index is 835. The van der Waals surface area contributed by atoms with Gasteiger partial charge in [-0.25, -0.2) is 8.42 Å². The van der Waals surface area contributed by atoms with Gasteiger partial charge < -0.3 is 4.74 Å². The summed E-state index contributed by atoms with van der Waals surface area (Å²) in [5.74, 6) is 0. The molecule has 0 bridgehead atoms. The van der Waals surface area contributed by atoms with Crippen LogP contribution in [-0.4, -0.2) is 27.8 Å². The van der Waals surface area contributed by atoms with Gasteiger partial charge in [-0.2, -0.15) is 13.2 Å². The van der Waals surface area contributed by atoms with Crippen LogP contribution in [0.25, 0.3) is 0 Å². The van der Waals surface area contributed by atoms with Gasteiger partial charge in [-0.05, 0) is 42.0 Å². The molecule has 0 aliphatic rings. The van der Waals surface area contributed by atoms with Gasteiger partial charge in [0.2, 0.25) is 0 Å². The van der Waals surface area contributed by atoms with Gasteiger partial charge in [-0.3, -0.25) is 4.72 Å². The highest BCUT2D eigenvalue weighted by molar-refractivity contribution is 7.92. The van der Waals surface area contributed by atoms with Crippen molar-refractivity contribution in [3.63, 3.8) is 0 Å². The van der Waals surface area contributed by atoms with E-state index in [1.54, 1.807) is 23.8 Å². The van der Waals surface area contributed by atoms with E-state index < -0.39 is 22.8 Å². The van der Waals surface area contributed by atoms with Crippen molar-refractivity contribution in [2.45, 2.75) is 24.4 Å². The third kappa shape index (κ3) is 5.60. The van der Waals surface area contributed by atoms with E-state index in [4.69, 9.17) is 11.6 Å². The molecule has 0 radical (unpaired) electrons. The first-order valence-corrected chi connectivity index (χ1v) is 9.88. The summed E-state index contributed by atoms with van der Waals surface area (Å²) < 4.78 is 68.3. The number of ether oxygens (including phenoxy) is 1. The number of halogens is 4. The second-order valence-corrected chi connectivity index (χ2v) is 8.00. The first-order valence-electron chi connectivity index (χ1n) is 7.07. The van der Waals surface area contributed by atoms with Crippen molar-refractivity contribution in [1.29, 1.82) is 0 Å². The molecule has 0 aliphatic heterocycles. The molecule has 10 heteroatoms. The maximum atomic E-state index is 12.5. The molecule has 1 N–H and O–H groups in total. The fraction of sp³-hybridized carbons (Fsp3) is 0.333. The van der Waals surface area contributed by atoms with Crippen LogP contribution in [0.15, 0.2) is 33.9 Å². The van der Waals surface area contributed by atoms with Crippen LogP contribution in [0.5, 0.6) is 0 Å². The predicted octanol–water partition coefficient (Wildman–Crippen LogP) is 4.63. The van der Waals surface area contributed by atoms with Crippen LogP contribution >= 0.6 is 22.9 Å². The monoisotopic (exact) mass is 413 g/mol. The number of thiophene rings is 1. The Labute approximate surface area is 152 Å². The lowest BCUT2D eigenvalue weighted by atomic mass is 10.2. The molecule has 2 rings (SSSR count). The first kappa shape index (κ1) is 20.0. The van der Waals surface area contributed by atoms with Crippen molar-refractivity contribution in [2.75, 3.05) is 17.9 Å². The largest absolute Gasteiger partial charge is 0.411 e. The van der Waals surface area contributed by atoms with Gasteiger partial charge in [0, 0.05) is 10.4 Å². The van der Waals surface area contributed by atoms with Crippen molar-refractivity contribution in [2.24, 2.45) is 0 Å². The molecule has 0 spiro atoms. The van der Waals surface area contributed by atoms with E-state index >= 15 is 0 Å². The number of hydrogen-bond donors (Lipinski definition) is 1. The molecule has 0 saturated carbocycles. The van der Waals surface area contributed by atoms with Crippen LogP contribution < -0.4 is 4.72 Å². The smallest absolute Gasteiger partial charge is 0.372 e. The molecule has 25 heavy (non-hydrogen) atoms. The van der Waals surface area contributed by atoms with Crippen molar-refractivity contribution in [3.05, 3.63) is 45.1 Å². The molecular formula is C15H15ClF3NO3S2. The van der Waals surface area contributed by atoms with Gasteiger partial charge >= 0.3 is 6.18 Å². The maximum absolute atomic E-state index is 12.5. The Balaban J connectivity index is 2.08. The summed E-state index contributed by atoms with van der Waals surface area (Å²) in [6, 6.07) is 4.55. The number of nitrogens with one attached hydrogen (secondary N) is 1. The number of alkyl halides is 3. The molecule has 4 nitrogen and oxygen atoms in total. The molecular weight excluding hydrogens is 399 g/mol. The maximum Gasteiger partial charge on any atom is 0.411 e. The summed E-state index contributed by atoms with van der Waals surface area (Å²) >= 11 is 7.20. The van der Waals surface area contributed by atoms with Gasteiger partial charge in [-0.1, -0.05) is 17.7 Å². The van der Waals surface area contributed by atoms with Crippen LogP contribution in [0.1, 0.15) is 11.1 Å². The molecule has 0 saturated heterocycles. The molecule has 0 atom stereocenters. The Morgan fingerprint density at radius 3 is 2.68 bits per heavy atom. The summed E-state index contributed by atoms with van der Waals surface area (Å²) in [6.45, 7) is 0.0947. The molecule has 1 aromatic carbocycles. The van der Waals surface area contributed by atoms with Crippen molar-refractivity contribution in [3.8, 4) is 0 Å². The van der Waals surface area contributed by atoms with E-state index in [1.807, 2.05) is 0 Å². The Kier molecular flexibility index (Phi) is 6.36. The highest BCUT2D eigenvalue weighted by atomic mass is 35.5. The van der Waals surface area contributed by atoms with Gasteiger partial charge in [0.1, 0.15) is 6.61 Å². The summed E-state index contributed by atoms with van der Waals surface area (Å²) in [6.07, 6.45) is -4.23. The molecule has 1 heterocycles. The Morgan fingerprint density at radius 2 is 2.00 bits per heavy atom. The lowest BCUT2D eigenvalue weighted by Crippen LogP contribution is -2.18. The molecule has 138 valence electrons. The van der Waals surface area contributed by atoms with Gasteiger partial charge in [-0.15, -0.1) is 11.3 Å². The average molecular weight is 414 g/mol. The fourth-order valence-electron chi connectivity index (χ4n) is 2.06. The standard InChI is InChI=1S/C15H15ClF3NO3S2/c1-10-12(16)3-2-4-14(10)25(21,22)20-13-8-24-7-11(13)5-6-23-9-15(17,18)19/h2-4,7-8,20H,5-6,9H2,1H3. The molecule has 0 amide bonds. The minimum Gasteiger partial charge on any atom is -0.372 e. The second kappa shape index (κ2) is 7.94. The van der Waals surface area contributed by atoms with Crippen LogP contribution in [0.2, 0.25) is 5.02 Å². The minimum absolute atomic E-state index is 0.0467. The fourth-order valence-corrected chi connectivity index (χ4v) is 4.54. The number of sulfonamides is 1. The van der Waals surface area contributed by atoms with E-state index in [0.29, 0.717) is 21.8 Å². The van der Waals surface area contributed by atoms with E-state index in [2.05, 4.69) is 9.46 Å². The zero-order valence-electron chi connectivity index (χ0n) is 13.1. The first-order chi connectivity index (χ1) is 11.6. The topological polar surface area (TPSA) is 55.4 Å². The van der Waals surface area contributed by atoms with Gasteiger partial charge in [0.05, 0.1) is 17.2 Å². The summed E-state index contributed by atoms with van der Waals surface area (Å²) in [7, 11) is -3.86. The van der Waals surface area contributed by atoms with Crippen molar-refractivity contribution in [1.82, 2.24) is 0 Å². The number of rotatable bonds is 7. The van der Waals surface area contributed by atoms with E-state index in [1.165, 1.54) is 23.5 Å². The summed E-state index contributed by atoms with van der Waals surface area (Å²) in [5.41, 5.74) is 1.30. The quantitative estimate of drug-likeness (QED) is 0.673. The van der Waals surface area contributed by atoms with Crippen molar-refractivity contribution < 1.29 is 26.3 Å². The Morgan fingerprint density at radius 1 is 1.28 bits per heavy atom. The van der Waals surface area contributed by atoms with Crippen LogP contribution in [0.3, 0.4) is 0 Å². The normalized spacial score (nSPS) is 12.4. The lowest BCUT2D eigenvalue weighted by molar-refractivity contribution is -0.173. The highest BCUT2D eigenvalue weighted by Gasteiger charge is 2.27. The second-order valence-electron chi connectivity index (χ2n) is 5.20. The number of benzene rings is 1. The lowest BCUT2D eigenvalue weighted by Gasteiger charge is -2.12. The summed E-state index contributed by atoms with van der Waals surface area (Å²) in [4.78, 5) is 0.0467. The van der Waals surface area contributed by atoms with Crippen LogP contribution in [0, 0.1) is 6.92 Å². The van der Waals surface area contributed by atoms with E-state index in [0.717, 1.165) is 0 Å². The zero-order chi connectivity index (χ0) is 18.7. The SMILES string of the molecule is Cc1c(Cl)cccc1S(=O)(=O)Nc1cscc1CCOCC(F)(F)F. The number of hydrogen-bond acceptors (Lipinski definition) is 4. The zero-order valence-corrected chi connectivity index (χ0v) is 15.5. The molecule has 0 unspecified atom stereocenters. The highest BCUT2D eigenvalue weighted by Crippen LogP contribution is 2.28. The summed E-state index contributed by atoms with van der Waals surface area (Å²) in [5, 5.41) is 3.57. The molecule has 0 aliphatic carbocycles. The Hall–Kier alpha value is -1.29. The van der Waals surface area contributed by atoms with E-state index in [9.17, 15) is 21.6 Å². The number of anilines is 1. The van der Waals surface area contributed by atoms with Crippen LogP contribution in [0.4, 0.5) is 18.9 Å².